The fourth-order valence-corrected chi connectivity index (χ4v) is 5.15. The standard InChI is InChI=1S/C17H23NO4.C2H4O2/c1-22-12-3-2-10-8-13-17(21)5-4-11(19)9-16(17,6-7-18-13)14(10)15(12)20;1-2(3)4/h2-3,11,13,18-21H,4-9H2,1H3;1H3,(H,3,4)/t11-,13+,16+,17-;/m1./s1. The topological polar surface area (TPSA) is 119 Å². The van der Waals surface area contributed by atoms with Crippen molar-refractivity contribution in [2.45, 2.75) is 62.2 Å². The van der Waals surface area contributed by atoms with E-state index < -0.39 is 23.1 Å². The number of nitrogens with one attached hydrogen (secondary N) is 1. The Morgan fingerprint density at radius 3 is 2.69 bits per heavy atom. The van der Waals surface area contributed by atoms with E-state index in [0.29, 0.717) is 37.9 Å². The number of aromatic hydroxyl groups is 1. The molecule has 1 saturated carbocycles. The van der Waals surface area contributed by atoms with Crippen molar-refractivity contribution in [3.8, 4) is 11.5 Å². The Morgan fingerprint density at radius 2 is 2.04 bits per heavy atom. The number of aliphatic hydroxyl groups is 2. The van der Waals surface area contributed by atoms with Crippen LogP contribution in [-0.2, 0) is 16.6 Å². The van der Waals surface area contributed by atoms with E-state index in [0.717, 1.165) is 24.6 Å². The summed E-state index contributed by atoms with van der Waals surface area (Å²) >= 11 is 0. The maximum Gasteiger partial charge on any atom is 0.300 e. The van der Waals surface area contributed by atoms with Gasteiger partial charge in [-0.25, -0.2) is 0 Å². The third-order valence-corrected chi connectivity index (χ3v) is 6.14. The number of hydrogen-bond donors (Lipinski definition) is 5. The van der Waals surface area contributed by atoms with Crippen molar-refractivity contribution >= 4 is 5.97 Å². The Morgan fingerprint density at radius 1 is 1.35 bits per heavy atom. The van der Waals surface area contributed by atoms with Gasteiger partial charge in [-0.15, -0.1) is 0 Å². The molecule has 2 fully saturated rings. The first-order chi connectivity index (χ1) is 12.2. The number of carboxylic acids is 1. The highest BCUT2D eigenvalue weighted by Crippen LogP contribution is 2.59. The van der Waals surface area contributed by atoms with Crippen molar-refractivity contribution in [2.75, 3.05) is 13.7 Å². The summed E-state index contributed by atoms with van der Waals surface area (Å²) in [6.07, 6.45) is 2.63. The van der Waals surface area contributed by atoms with Crippen LogP contribution in [0.15, 0.2) is 12.1 Å². The molecule has 0 aromatic heterocycles. The van der Waals surface area contributed by atoms with Gasteiger partial charge >= 0.3 is 0 Å². The number of methoxy groups -OCH3 is 1. The van der Waals surface area contributed by atoms with Gasteiger partial charge in [-0.3, -0.25) is 4.79 Å². The number of piperidine rings is 1. The summed E-state index contributed by atoms with van der Waals surface area (Å²) in [5, 5.41) is 43.4. The maximum absolute atomic E-state index is 11.5. The number of carboxylic acid groups (broad SMARTS) is 1. The molecule has 2 bridgehead atoms. The zero-order valence-electron chi connectivity index (χ0n) is 15.2. The molecular formula is C19H27NO6. The molecule has 0 unspecified atom stereocenters. The largest absolute Gasteiger partial charge is 0.504 e. The second-order valence-electron chi connectivity index (χ2n) is 7.53. The van der Waals surface area contributed by atoms with Crippen molar-refractivity contribution in [1.29, 1.82) is 0 Å². The zero-order valence-corrected chi connectivity index (χ0v) is 15.2. The predicted octanol–water partition coefficient (Wildman–Crippen LogP) is 0.923. The minimum absolute atomic E-state index is 0.0194. The summed E-state index contributed by atoms with van der Waals surface area (Å²) in [6.45, 7) is 1.87. The van der Waals surface area contributed by atoms with E-state index in [9.17, 15) is 15.3 Å². The second-order valence-corrected chi connectivity index (χ2v) is 7.53. The van der Waals surface area contributed by atoms with Crippen molar-refractivity contribution in [1.82, 2.24) is 5.32 Å². The first-order valence-electron chi connectivity index (χ1n) is 8.98. The lowest BCUT2D eigenvalue weighted by atomic mass is 9.49. The van der Waals surface area contributed by atoms with Crippen molar-refractivity contribution in [3.05, 3.63) is 23.3 Å². The summed E-state index contributed by atoms with van der Waals surface area (Å²) in [6, 6.07) is 3.74. The molecule has 4 atom stereocenters. The van der Waals surface area contributed by atoms with Crippen molar-refractivity contribution in [2.24, 2.45) is 0 Å². The van der Waals surface area contributed by atoms with E-state index >= 15 is 0 Å². The molecule has 2 aliphatic carbocycles. The van der Waals surface area contributed by atoms with Crippen LogP contribution in [0.3, 0.4) is 0 Å². The zero-order chi connectivity index (χ0) is 19.1. The van der Waals surface area contributed by atoms with Crippen LogP contribution in [0.5, 0.6) is 11.5 Å². The molecule has 7 nitrogen and oxygen atoms in total. The summed E-state index contributed by atoms with van der Waals surface area (Å²) in [7, 11) is 1.54. The first kappa shape index (κ1) is 18.9. The molecule has 1 saturated heterocycles. The summed E-state index contributed by atoms with van der Waals surface area (Å²) < 4.78 is 5.28. The molecule has 0 radical (unpaired) electrons. The average molecular weight is 365 g/mol. The van der Waals surface area contributed by atoms with Gasteiger partial charge in [0.1, 0.15) is 0 Å². The molecule has 4 rings (SSSR count). The Labute approximate surface area is 152 Å². The van der Waals surface area contributed by atoms with E-state index in [-0.39, 0.29) is 11.8 Å². The lowest BCUT2D eigenvalue weighted by molar-refractivity contribution is -0.146. The van der Waals surface area contributed by atoms with Crippen LogP contribution in [0.4, 0.5) is 0 Å². The minimum Gasteiger partial charge on any atom is -0.504 e. The van der Waals surface area contributed by atoms with Gasteiger partial charge in [0, 0.05) is 23.9 Å². The molecule has 1 aromatic rings. The van der Waals surface area contributed by atoms with Gasteiger partial charge in [-0.2, -0.15) is 0 Å². The number of phenols is 1. The number of fused-ring (bicyclic) bond motifs is 1. The van der Waals surface area contributed by atoms with Crippen LogP contribution in [0.25, 0.3) is 0 Å². The highest BCUT2D eigenvalue weighted by atomic mass is 16.5. The molecule has 3 aliphatic rings. The molecule has 1 aliphatic heterocycles. The first-order valence-corrected chi connectivity index (χ1v) is 8.98. The van der Waals surface area contributed by atoms with E-state index in [1.165, 1.54) is 7.11 Å². The highest BCUT2D eigenvalue weighted by Gasteiger charge is 2.63. The van der Waals surface area contributed by atoms with Gasteiger partial charge in [-0.05, 0) is 50.3 Å². The van der Waals surface area contributed by atoms with Crippen LogP contribution >= 0.6 is 0 Å². The monoisotopic (exact) mass is 365 g/mol. The average Bonchev–Trinajstić information content (AvgIpc) is 2.54. The lowest BCUT2D eigenvalue weighted by Gasteiger charge is -2.61. The Balaban J connectivity index is 0.000000447. The van der Waals surface area contributed by atoms with Gasteiger partial charge < -0.3 is 30.5 Å². The van der Waals surface area contributed by atoms with Crippen LogP contribution < -0.4 is 10.1 Å². The van der Waals surface area contributed by atoms with Crippen LogP contribution in [0, 0.1) is 0 Å². The number of benzene rings is 1. The fraction of sp³-hybridized carbons (Fsp3) is 0.632. The molecule has 1 heterocycles. The highest BCUT2D eigenvalue weighted by molar-refractivity contribution is 5.63. The summed E-state index contributed by atoms with van der Waals surface area (Å²) in [4.78, 5) is 9.00. The number of phenolic OH excluding ortho intramolecular Hbond substituents is 1. The molecule has 26 heavy (non-hydrogen) atoms. The SMILES string of the molecule is CC(=O)O.COc1ccc2c(c1O)[C@@]13CCN[C@@H](C2)[C@]1(O)CC[C@@H](O)C3. The minimum atomic E-state index is -0.915. The third-order valence-electron chi connectivity index (χ3n) is 6.14. The van der Waals surface area contributed by atoms with Crippen molar-refractivity contribution in [3.63, 3.8) is 0 Å². The van der Waals surface area contributed by atoms with E-state index in [2.05, 4.69) is 5.32 Å². The maximum atomic E-state index is 11.5. The van der Waals surface area contributed by atoms with E-state index in [1.807, 2.05) is 6.07 Å². The molecule has 5 N–H and O–H groups in total. The third kappa shape index (κ3) is 2.74. The van der Waals surface area contributed by atoms with E-state index in [1.54, 1.807) is 6.07 Å². The Kier molecular flexibility index (Phi) is 4.90. The van der Waals surface area contributed by atoms with Crippen LogP contribution in [0.2, 0.25) is 0 Å². The number of ether oxygens (including phenoxy) is 1. The molecule has 144 valence electrons. The number of aliphatic carboxylic acids is 1. The van der Waals surface area contributed by atoms with Crippen LogP contribution in [0.1, 0.15) is 43.7 Å². The second kappa shape index (κ2) is 6.72. The lowest BCUT2D eigenvalue weighted by Crippen LogP contribution is -2.72. The quantitative estimate of drug-likeness (QED) is 0.502. The van der Waals surface area contributed by atoms with Crippen molar-refractivity contribution < 1.29 is 30.0 Å². The Hall–Kier alpha value is -1.83. The number of rotatable bonds is 1. The Bertz CT molecular complexity index is 704. The van der Waals surface area contributed by atoms with Gasteiger partial charge in [-0.1, -0.05) is 6.07 Å². The predicted molar refractivity (Wildman–Crippen MR) is 94.6 cm³/mol. The smallest absolute Gasteiger partial charge is 0.300 e. The summed E-state index contributed by atoms with van der Waals surface area (Å²) in [5.74, 6) is -0.264. The molecule has 0 amide bonds. The number of carbonyl (C=O) groups is 1. The number of aliphatic hydroxyl groups excluding tert-OH is 1. The van der Waals surface area contributed by atoms with E-state index in [4.69, 9.17) is 14.6 Å². The molecular weight excluding hydrogens is 338 g/mol. The van der Waals surface area contributed by atoms with Gasteiger partial charge in [0.2, 0.25) is 0 Å². The normalized spacial score (nSPS) is 34.6. The molecule has 7 heteroatoms. The van der Waals surface area contributed by atoms with Gasteiger partial charge in [0.25, 0.3) is 5.97 Å². The molecule has 0 spiro atoms. The van der Waals surface area contributed by atoms with Gasteiger partial charge in [0.05, 0.1) is 18.8 Å². The number of hydrogen-bond acceptors (Lipinski definition) is 6. The summed E-state index contributed by atoms with van der Waals surface area (Å²) in [5.41, 5.74) is 0.341. The van der Waals surface area contributed by atoms with Gasteiger partial charge in [0.15, 0.2) is 11.5 Å². The fourth-order valence-electron chi connectivity index (χ4n) is 5.15. The molecule has 1 aromatic carbocycles. The van der Waals surface area contributed by atoms with Crippen LogP contribution in [-0.4, -0.2) is 57.8 Å².